The topological polar surface area (TPSA) is 49.8 Å². The van der Waals surface area contributed by atoms with Crippen molar-refractivity contribution < 1.29 is 17.0 Å². The summed E-state index contributed by atoms with van der Waals surface area (Å²) in [6.07, 6.45) is 1.08. The molecule has 7 aromatic rings. The number of furan rings is 1. The highest BCUT2D eigenvalue weighted by Gasteiger charge is 2.36. The van der Waals surface area contributed by atoms with Crippen molar-refractivity contribution in [2.45, 2.75) is 20.3 Å². The quantitative estimate of drug-likeness (QED) is 0.150. The summed E-state index contributed by atoms with van der Waals surface area (Å²) in [5, 5.41) is 14.3. The van der Waals surface area contributed by atoms with Gasteiger partial charge in [0, 0.05) is 36.3 Å². The number of aryl methyl sites for hydroxylation is 2. The Morgan fingerprint density at radius 1 is 0.773 bits per heavy atom. The molecule has 0 fully saturated rings. The molecule has 0 aliphatic carbocycles. The molecule has 0 amide bonds. The SMILES string of the molecule is [2H]C([2H])([2H])c1cnc(-c2cccc3c2oc2c(-c4ccc([Si](C)(c5ccccc5)c5ccccc5)c(F)c4)c(C#N)ccc23)cc1C([2H])([2H])[2H]. The zero-order valence-corrected chi connectivity index (χ0v) is 24.7. The third kappa shape index (κ3) is 4.35. The van der Waals surface area contributed by atoms with Crippen molar-refractivity contribution in [2.75, 3.05) is 0 Å². The van der Waals surface area contributed by atoms with Crippen LogP contribution in [0.1, 0.15) is 24.9 Å². The Labute approximate surface area is 265 Å². The van der Waals surface area contributed by atoms with E-state index in [1.54, 1.807) is 24.3 Å². The van der Waals surface area contributed by atoms with Gasteiger partial charge in [-0.1, -0.05) is 91.5 Å². The predicted octanol–water partition coefficient (Wildman–Crippen LogP) is 8.04. The fourth-order valence-corrected chi connectivity index (χ4v) is 9.78. The van der Waals surface area contributed by atoms with Crippen LogP contribution in [0.25, 0.3) is 44.3 Å². The van der Waals surface area contributed by atoms with Crippen molar-refractivity contribution >= 4 is 45.6 Å². The predicted molar refractivity (Wildman–Crippen MR) is 180 cm³/mol. The van der Waals surface area contributed by atoms with Crippen molar-refractivity contribution in [1.82, 2.24) is 4.98 Å². The van der Waals surface area contributed by atoms with Crippen LogP contribution < -0.4 is 15.6 Å². The summed E-state index contributed by atoms with van der Waals surface area (Å²) in [6.45, 7) is -3.24. The fraction of sp³-hybridized carbons (Fsp3) is 0.0769. The van der Waals surface area contributed by atoms with Crippen molar-refractivity contribution in [3.63, 3.8) is 0 Å². The normalized spacial score (nSPS) is 14.2. The molecule has 0 radical (unpaired) electrons. The van der Waals surface area contributed by atoms with Gasteiger partial charge in [-0.15, -0.1) is 0 Å². The number of nitriles is 1. The first-order valence-corrected chi connectivity index (χ1v) is 16.6. The first-order valence-electron chi connectivity index (χ1n) is 17.1. The van der Waals surface area contributed by atoms with Crippen LogP contribution in [0.4, 0.5) is 4.39 Å². The van der Waals surface area contributed by atoms with Crippen molar-refractivity contribution in [1.29, 1.82) is 5.26 Å². The Balaban J connectivity index is 1.42. The lowest BCUT2D eigenvalue weighted by molar-refractivity contribution is 0.635. The summed E-state index contributed by atoms with van der Waals surface area (Å²) < 4.78 is 70.7. The van der Waals surface area contributed by atoms with Gasteiger partial charge in [0.2, 0.25) is 0 Å². The lowest BCUT2D eigenvalue weighted by Gasteiger charge is -2.30. The molecule has 5 heteroatoms. The van der Waals surface area contributed by atoms with Gasteiger partial charge in [-0.25, -0.2) is 4.39 Å². The third-order valence-electron chi connectivity index (χ3n) is 8.47. The van der Waals surface area contributed by atoms with Crippen molar-refractivity contribution in [3.8, 4) is 28.5 Å². The minimum atomic E-state index is -2.77. The molecule has 0 spiro atoms. The minimum absolute atomic E-state index is 0.220. The van der Waals surface area contributed by atoms with E-state index in [2.05, 4.69) is 17.6 Å². The molecule has 212 valence electrons. The van der Waals surface area contributed by atoms with Gasteiger partial charge in [-0.3, -0.25) is 4.98 Å². The molecule has 5 aromatic carbocycles. The number of nitrogens with zero attached hydrogens (tertiary/aromatic N) is 2. The van der Waals surface area contributed by atoms with E-state index < -0.39 is 27.6 Å². The lowest BCUT2D eigenvalue weighted by Crippen LogP contribution is -2.65. The largest absolute Gasteiger partial charge is 0.455 e. The number of rotatable bonds is 5. The summed E-state index contributed by atoms with van der Waals surface area (Å²) in [7, 11) is -2.77. The standard InChI is InChI=1S/C39H29FN2OSi/c1-25-21-35(42-24-26(25)2)33-16-10-15-31-32-19-17-28(23-41)37(39(32)43-38(31)33)27-18-20-36(34(40)22-27)44(3,29-11-6-4-7-12-29)30-13-8-5-9-14-30/h4-22,24H,1-3H3/i1D3,2D3. The molecule has 0 bridgehead atoms. The van der Waals surface area contributed by atoms with E-state index in [9.17, 15) is 5.26 Å². The number of pyridine rings is 1. The van der Waals surface area contributed by atoms with E-state index in [0.717, 1.165) is 16.6 Å². The molecular formula is C39H29FN2OSi. The van der Waals surface area contributed by atoms with Crippen LogP contribution in [0.2, 0.25) is 6.55 Å². The minimum Gasteiger partial charge on any atom is -0.455 e. The van der Waals surface area contributed by atoms with Crippen LogP contribution in [0.15, 0.2) is 126 Å². The summed E-state index contributed by atoms with van der Waals surface area (Å²) in [5.41, 5.74) is 1.92. The number of halogens is 1. The Bertz CT molecular complexity index is 2410. The maximum atomic E-state index is 16.6. The second kappa shape index (κ2) is 10.8. The molecule has 0 aliphatic heterocycles. The van der Waals surface area contributed by atoms with Crippen LogP contribution in [-0.4, -0.2) is 13.1 Å². The molecule has 3 nitrogen and oxygen atoms in total. The average Bonchev–Trinajstić information content (AvgIpc) is 3.49. The summed E-state index contributed by atoms with van der Waals surface area (Å²) >= 11 is 0. The number of aromatic nitrogens is 1. The van der Waals surface area contributed by atoms with Gasteiger partial charge < -0.3 is 4.42 Å². The fourth-order valence-electron chi connectivity index (χ4n) is 6.14. The summed E-state index contributed by atoms with van der Waals surface area (Å²) in [6, 6.07) is 37.3. The van der Waals surface area contributed by atoms with E-state index in [1.165, 1.54) is 12.1 Å². The van der Waals surface area contributed by atoms with Gasteiger partial charge in [0.15, 0.2) is 0 Å². The second-order valence-corrected chi connectivity index (χ2v) is 14.9. The van der Waals surface area contributed by atoms with Gasteiger partial charge in [0.1, 0.15) is 25.1 Å². The highest BCUT2D eigenvalue weighted by atomic mass is 28.3. The molecule has 44 heavy (non-hydrogen) atoms. The van der Waals surface area contributed by atoms with Crippen LogP contribution in [0.5, 0.6) is 0 Å². The molecular weight excluding hydrogens is 560 g/mol. The van der Waals surface area contributed by atoms with Crippen LogP contribution in [-0.2, 0) is 0 Å². The zero-order chi connectivity index (χ0) is 35.4. The Hall–Kier alpha value is -5.31. The highest BCUT2D eigenvalue weighted by molar-refractivity contribution is 7.10. The second-order valence-electron chi connectivity index (χ2n) is 10.9. The van der Waals surface area contributed by atoms with E-state index in [0.29, 0.717) is 49.4 Å². The molecule has 2 aromatic heterocycles. The molecule has 0 aliphatic rings. The Morgan fingerprint density at radius 3 is 2.14 bits per heavy atom. The molecule has 0 N–H and O–H groups in total. The maximum absolute atomic E-state index is 16.6. The van der Waals surface area contributed by atoms with Crippen LogP contribution >= 0.6 is 0 Å². The highest BCUT2D eigenvalue weighted by Crippen LogP contribution is 2.41. The van der Waals surface area contributed by atoms with Crippen LogP contribution in [0, 0.1) is 30.9 Å². The number of fused-ring (bicyclic) bond motifs is 3. The maximum Gasteiger partial charge on any atom is 0.149 e. The Kier molecular flexibility index (Phi) is 5.23. The van der Waals surface area contributed by atoms with Gasteiger partial charge in [0.25, 0.3) is 0 Å². The summed E-state index contributed by atoms with van der Waals surface area (Å²) in [4.78, 5) is 4.35. The molecule has 0 unspecified atom stereocenters. The summed E-state index contributed by atoms with van der Waals surface area (Å²) in [5.74, 6) is -0.391. The Morgan fingerprint density at radius 2 is 1.48 bits per heavy atom. The van der Waals surface area contributed by atoms with Crippen LogP contribution in [0.3, 0.4) is 0 Å². The third-order valence-corrected chi connectivity index (χ3v) is 12.9. The van der Waals surface area contributed by atoms with E-state index in [-0.39, 0.29) is 16.8 Å². The monoisotopic (exact) mass is 594 g/mol. The molecule has 0 saturated carbocycles. The number of benzene rings is 5. The van der Waals surface area contributed by atoms with Crippen molar-refractivity contribution in [2.24, 2.45) is 0 Å². The molecule has 2 heterocycles. The lowest BCUT2D eigenvalue weighted by atomic mass is 9.97. The smallest absolute Gasteiger partial charge is 0.149 e. The average molecular weight is 595 g/mol. The van der Waals surface area contributed by atoms with E-state index in [1.807, 2.05) is 78.9 Å². The van der Waals surface area contributed by atoms with Crippen molar-refractivity contribution in [3.05, 3.63) is 144 Å². The molecule has 0 saturated heterocycles. The number of hydrogen-bond acceptors (Lipinski definition) is 3. The van der Waals surface area contributed by atoms with Gasteiger partial charge in [-0.05, 0) is 76.3 Å². The molecule has 7 rings (SSSR count). The zero-order valence-electron chi connectivity index (χ0n) is 29.7. The first-order chi connectivity index (χ1) is 23.8. The number of para-hydroxylation sites is 1. The van der Waals surface area contributed by atoms with E-state index >= 15 is 4.39 Å². The van der Waals surface area contributed by atoms with Gasteiger partial charge >= 0.3 is 0 Å². The van der Waals surface area contributed by atoms with Gasteiger partial charge in [0.05, 0.1) is 17.3 Å². The molecule has 0 atom stereocenters. The number of hydrogen-bond donors (Lipinski definition) is 0. The van der Waals surface area contributed by atoms with Gasteiger partial charge in [-0.2, -0.15) is 5.26 Å². The first kappa shape index (κ1) is 21.4. The van der Waals surface area contributed by atoms with E-state index in [4.69, 9.17) is 12.6 Å².